The molecule has 2 rings (SSSR count). The second kappa shape index (κ2) is 3.89. The summed E-state index contributed by atoms with van der Waals surface area (Å²) in [7, 11) is 0. The number of thiophene rings is 1. The SMILES string of the molecule is O=C1NCCN[C@@H]1Cc1cccs1. The fourth-order valence-electron chi connectivity index (χ4n) is 1.44. The summed E-state index contributed by atoms with van der Waals surface area (Å²) in [5, 5.41) is 8.09. The number of nitrogens with one attached hydrogen (secondary N) is 2. The van der Waals surface area contributed by atoms with Crippen LogP contribution in [-0.2, 0) is 11.2 Å². The first-order valence-corrected chi connectivity index (χ1v) is 5.28. The third kappa shape index (κ3) is 2.08. The van der Waals surface area contributed by atoms with Crippen molar-refractivity contribution in [3.05, 3.63) is 22.4 Å². The Bertz CT molecular complexity index is 284. The lowest BCUT2D eigenvalue weighted by molar-refractivity contribution is -0.124. The van der Waals surface area contributed by atoms with Gasteiger partial charge >= 0.3 is 0 Å². The normalized spacial score (nSPS) is 22.8. The number of hydrogen-bond donors (Lipinski definition) is 2. The first-order chi connectivity index (χ1) is 6.36. The van der Waals surface area contributed by atoms with Crippen molar-refractivity contribution in [1.82, 2.24) is 10.6 Å². The summed E-state index contributed by atoms with van der Waals surface area (Å²) in [5.74, 6) is 0.125. The molecule has 70 valence electrons. The molecule has 1 amide bonds. The molecule has 0 unspecified atom stereocenters. The largest absolute Gasteiger partial charge is 0.353 e. The molecule has 1 aliphatic rings. The summed E-state index contributed by atoms with van der Waals surface area (Å²) in [5.41, 5.74) is 0. The third-order valence-electron chi connectivity index (χ3n) is 2.12. The number of amides is 1. The molecule has 1 fully saturated rings. The van der Waals surface area contributed by atoms with E-state index in [0.29, 0.717) is 0 Å². The minimum absolute atomic E-state index is 0.0348. The molecule has 1 aromatic rings. The van der Waals surface area contributed by atoms with Crippen LogP contribution >= 0.6 is 11.3 Å². The fraction of sp³-hybridized carbons (Fsp3) is 0.444. The van der Waals surface area contributed by atoms with Gasteiger partial charge in [-0.05, 0) is 11.4 Å². The predicted molar refractivity (Wildman–Crippen MR) is 52.8 cm³/mol. The molecule has 0 saturated carbocycles. The van der Waals surface area contributed by atoms with Gasteiger partial charge in [-0.1, -0.05) is 6.07 Å². The quantitative estimate of drug-likeness (QED) is 0.718. The second-order valence-corrected chi connectivity index (χ2v) is 4.11. The molecule has 0 aromatic carbocycles. The van der Waals surface area contributed by atoms with Crippen molar-refractivity contribution in [2.24, 2.45) is 0 Å². The van der Waals surface area contributed by atoms with Crippen molar-refractivity contribution in [2.45, 2.75) is 12.5 Å². The molecule has 1 atom stereocenters. The van der Waals surface area contributed by atoms with Crippen LogP contribution in [0.2, 0.25) is 0 Å². The van der Waals surface area contributed by atoms with Crippen LogP contribution in [0.25, 0.3) is 0 Å². The Morgan fingerprint density at radius 3 is 3.15 bits per heavy atom. The van der Waals surface area contributed by atoms with Gasteiger partial charge in [0.2, 0.25) is 5.91 Å². The standard InChI is InChI=1S/C9H12N2OS/c12-9-8(10-3-4-11-9)6-7-2-1-5-13-7/h1-2,5,8,10H,3-4,6H2,(H,11,12)/t8-/m1/s1. The average molecular weight is 196 g/mol. The van der Waals surface area contributed by atoms with E-state index >= 15 is 0 Å². The summed E-state index contributed by atoms with van der Waals surface area (Å²) in [6, 6.07) is 4.04. The molecule has 13 heavy (non-hydrogen) atoms. The van der Waals surface area contributed by atoms with Crippen LogP contribution in [0.3, 0.4) is 0 Å². The molecule has 0 spiro atoms. The lowest BCUT2D eigenvalue weighted by Gasteiger charge is -2.22. The summed E-state index contributed by atoms with van der Waals surface area (Å²) in [4.78, 5) is 12.6. The van der Waals surface area contributed by atoms with Crippen molar-refractivity contribution in [3.63, 3.8) is 0 Å². The summed E-state index contributed by atoms with van der Waals surface area (Å²) in [6.45, 7) is 1.63. The molecule has 2 heterocycles. The van der Waals surface area contributed by atoms with E-state index in [9.17, 15) is 4.79 Å². The molecular formula is C9H12N2OS. The van der Waals surface area contributed by atoms with Crippen LogP contribution in [0.5, 0.6) is 0 Å². The molecular weight excluding hydrogens is 184 g/mol. The highest BCUT2D eigenvalue weighted by molar-refractivity contribution is 7.09. The molecule has 1 aliphatic heterocycles. The Hall–Kier alpha value is -0.870. The van der Waals surface area contributed by atoms with Crippen molar-refractivity contribution < 1.29 is 4.79 Å². The van der Waals surface area contributed by atoms with Crippen LogP contribution in [0, 0.1) is 0 Å². The van der Waals surface area contributed by atoms with E-state index in [0.717, 1.165) is 19.5 Å². The molecule has 0 bridgehead atoms. The van der Waals surface area contributed by atoms with Gasteiger partial charge in [-0.2, -0.15) is 0 Å². The van der Waals surface area contributed by atoms with Gasteiger partial charge < -0.3 is 10.6 Å². The minimum Gasteiger partial charge on any atom is -0.353 e. The fourth-order valence-corrected chi connectivity index (χ4v) is 2.19. The molecule has 3 nitrogen and oxygen atoms in total. The summed E-state index contributed by atoms with van der Waals surface area (Å²) >= 11 is 1.70. The highest BCUT2D eigenvalue weighted by Gasteiger charge is 2.21. The van der Waals surface area contributed by atoms with Crippen LogP contribution in [0.4, 0.5) is 0 Å². The highest BCUT2D eigenvalue weighted by atomic mass is 32.1. The van der Waals surface area contributed by atoms with E-state index in [2.05, 4.69) is 16.7 Å². The lowest BCUT2D eigenvalue weighted by atomic mass is 10.1. The number of hydrogen-bond acceptors (Lipinski definition) is 3. The Morgan fingerprint density at radius 2 is 2.46 bits per heavy atom. The van der Waals surface area contributed by atoms with Crippen LogP contribution < -0.4 is 10.6 Å². The van der Waals surface area contributed by atoms with Crippen LogP contribution in [-0.4, -0.2) is 25.0 Å². The molecule has 1 aromatic heterocycles. The van der Waals surface area contributed by atoms with Gasteiger partial charge in [-0.3, -0.25) is 4.79 Å². The number of rotatable bonds is 2. The van der Waals surface area contributed by atoms with Gasteiger partial charge in [0.25, 0.3) is 0 Å². The van der Waals surface area contributed by atoms with E-state index < -0.39 is 0 Å². The zero-order chi connectivity index (χ0) is 9.10. The molecule has 2 N–H and O–H groups in total. The molecule has 0 aliphatic carbocycles. The second-order valence-electron chi connectivity index (χ2n) is 3.08. The summed E-state index contributed by atoms with van der Waals surface area (Å²) in [6.07, 6.45) is 0.809. The average Bonchev–Trinajstić information content (AvgIpc) is 2.61. The maximum atomic E-state index is 11.4. The van der Waals surface area contributed by atoms with E-state index in [1.54, 1.807) is 11.3 Å². The van der Waals surface area contributed by atoms with Gasteiger partial charge in [0.1, 0.15) is 0 Å². The van der Waals surface area contributed by atoms with Gasteiger partial charge in [-0.15, -0.1) is 11.3 Å². The smallest absolute Gasteiger partial charge is 0.237 e. The minimum atomic E-state index is -0.0348. The van der Waals surface area contributed by atoms with Gasteiger partial charge in [0, 0.05) is 24.4 Å². The Morgan fingerprint density at radius 1 is 1.54 bits per heavy atom. The van der Waals surface area contributed by atoms with Crippen molar-refractivity contribution in [1.29, 1.82) is 0 Å². The number of carbonyl (C=O) groups is 1. The van der Waals surface area contributed by atoms with Gasteiger partial charge in [0.05, 0.1) is 6.04 Å². The maximum absolute atomic E-state index is 11.4. The predicted octanol–water partition coefficient (Wildman–Crippen LogP) is 0.379. The third-order valence-corrected chi connectivity index (χ3v) is 3.02. The van der Waals surface area contributed by atoms with E-state index in [1.807, 2.05) is 11.4 Å². The topological polar surface area (TPSA) is 41.1 Å². The van der Waals surface area contributed by atoms with Gasteiger partial charge in [0.15, 0.2) is 0 Å². The van der Waals surface area contributed by atoms with Gasteiger partial charge in [-0.25, -0.2) is 0 Å². The zero-order valence-corrected chi connectivity index (χ0v) is 8.06. The first-order valence-electron chi connectivity index (χ1n) is 4.40. The van der Waals surface area contributed by atoms with E-state index in [4.69, 9.17) is 0 Å². The number of carbonyl (C=O) groups excluding carboxylic acids is 1. The molecule has 0 radical (unpaired) electrons. The summed E-state index contributed by atoms with van der Waals surface area (Å²) < 4.78 is 0. The highest BCUT2D eigenvalue weighted by Crippen LogP contribution is 2.11. The zero-order valence-electron chi connectivity index (χ0n) is 7.25. The molecule has 4 heteroatoms. The van der Waals surface area contributed by atoms with E-state index in [1.165, 1.54) is 4.88 Å². The first kappa shape index (κ1) is 8.72. The maximum Gasteiger partial charge on any atom is 0.237 e. The number of piperazine rings is 1. The lowest BCUT2D eigenvalue weighted by Crippen LogP contribution is -2.53. The Kier molecular flexibility index (Phi) is 2.61. The monoisotopic (exact) mass is 196 g/mol. The van der Waals surface area contributed by atoms with Crippen LogP contribution in [0.15, 0.2) is 17.5 Å². The van der Waals surface area contributed by atoms with Crippen molar-refractivity contribution >= 4 is 17.2 Å². The Labute approximate surface area is 81.2 Å². The van der Waals surface area contributed by atoms with E-state index in [-0.39, 0.29) is 11.9 Å². The van der Waals surface area contributed by atoms with Crippen LogP contribution in [0.1, 0.15) is 4.88 Å². The molecule has 1 saturated heterocycles. The van der Waals surface area contributed by atoms with Crippen molar-refractivity contribution in [2.75, 3.05) is 13.1 Å². The van der Waals surface area contributed by atoms with Crippen molar-refractivity contribution in [3.8, 4) is 0 Å². The Balaban J connectivity index is 1.97.